The van der Waals surface area contributed by atoms with Crippen molar-refractivity contribution in [2.45, 2.75) is 32.6 Å². The average Bonchev–Trinajstić information content (AvgIpc) is 2.24. The molecule has 1 rings (SSSR count). The van der Waals surface area contributed by atoms with Gasteiger partial charge in [0.1, 0.15) is 11.4 Å². The lowest BCUT2D eigenvalue weighted by Gasteiger charge is -2.21. The molecule has 0 aliphatic heterocycles. The summed E-state index contributed by atoms with van der Waals surface area (Å²) in [7, 11) is -3.60. The van der Waals surface area contributed by atoms with E-state index < -0.39 is 28.0 Å². The van der Waals surface area contributed by atoms with Gasteiger partial charge in [0.25, 0.3) is 0 Å². The SMILES string of the molecule is CC(C)(C)OC(=O)NC(O)c1ccc(OS(C)(=O)=O)cc1. The summed E-state index contributed by atoms with van der Waals surface area (Å²) in [6, 6.07) is 5.61. The van der Waals surface area contributed by atoms with E-state index in [9.17, 15) is 18.3 Å². The summed E-state index contributed by atoms with van der Waals surface area (Å²) in [5.41, 5.74) is -0.307. The van der Waals surface area contributed by atoms with Crippen LogP contribution in [0.15, 0.2) is 24.3 Å². The third-order valence-corrected chi connectivity index (χ3v) is 2.59. The predicted molar refractivity (Wildman–Crippen MR) is 76.2 cm³/mol. The van der Waals surface area contributed by atoms with Crippen LogP contribution in [0.4, 0.5) is 4.79 Å². The van der Waals surface area contributed by atoms with Crippen molar-refractivity contribution in [3.8, 4) is 5.75 Å². The molecule has 7 nitrogen and oxygen atoms in total. The number of carbonyl (C=O) groups excluding carboxylic acids is 1. The van der Waals surface area contributed by atoms with Crippen LogP contribution in [0.2, 0.25) is 0 Å². The summed E-state index contributed by atoms with van der Waals surface area (Å²) in [5, 5.41) is 12.1. The van der Waals surface area contributed by atoms with E-state index in [1.54, 1.807) is 20.8 Å². The Bertz CT molecular complexity index is 588. The van der Waals surface area contributed by atoms with Crippen LogP contribution in [0.25, 0.3) is 0 Å². The van der Waals surface area contributed by atoms with Crippen molar-refractivity contribution in [1.29, 1.82) is 0 Å². The lowest BCUT2D eigenvalue weighted by molar-refractivity contribution is 0.0355. The van der Waals surface area contributed by atoms with Crippen molar-refractivity contribution in [3.63, 3.8) is 0 Å². The number of benzene rings is 1. The van der Waals surface area contributed by atoms with Crippen LogP contribution in [0, 0.1) is 0 Å². The van der Waals surface area contributed by atoms with Crippen molar-refractivity contribution < 1.29 is 27.2 Å². The first-order valence-corrected chi connectivity index (χ1v) is 7.95. The molecule has 1 atom stereocenters. The van der Waals surface area contributed by atoms with Gasteiger partial charge in [0.15, 0.2) is 6.23 Å². The summed E-state index contributed by atoms with van der Waals surface area (Å²) >= 11 is 0. The van der Waals surface area contributed by atoms with Crippen molar-refractivity contribution in [1.82, 2.24) is 5.32 Å². The number of ether oxygens (including phenoxy) is 1. The van der Waals surface area contributed by atoms with Crippen LogP contribution < -0.4 is 9.50 Å². The molecule has 0 bridgehead atoms. The van der Waals surface area contributed by atoms with E-state index >= 15 is 0 Å². The minimum atomic E-state index is -3.60. The Hall–Kier alpha value is -1.80. The Morgan fingerprint density at radius 2 is 1.76 bits per heavy atom. The van der Waals surface area contributed by atoms with E-state index in [1.165, 1.54) is 24.3 Å². The Morgan fingerprint density at radius 3 is 2.19 bits per heavy atom. The third-order valence-electron chi connectivity index (χ3n) is 2.10. The number of aliphatic hydroxyl groups is 1. The Balaban J connectivity index is 2.67. The molecule has 0 aliphatic carbocycles. The zero-order valence-electron chi connectivity index (χ0n) is 12.3. The minimum Gasteiger partial charge on any atom is -0.444 e. The lowest BCUT2D eigenvalue weighted by atomic mass is 10.2. The van der Waals surface area contributed by atoms with Gasteiger partial charge in [-0.05, 0) is 32.9 Å². The second kappa shape index (κ2) is 6.31. The second-order valence-electron chi connectivity index (χ2n) is 5.41. The second-order valence-corrected chi connectivity index (χ2v) is 6.98. The molecule has 1 amide bonds. The fourth-order valence-electron chi connectivity index (χ4n) is 1.38. The number of alkyl carbamates (subject to hydrolysis) is 1. The first kappa shape index (κ1) is 17.3. The van der Waals surface area contributed by atoms with Gasteiger partial charge in [-0.1, -0.05) is 12.1 Å². The molecule has 0 aromatic heterocycles. The molecule has 0 fully saturated rings. The maximum Gasteiger partial charge on any atom is 0.409 e. The summed E-state index contributed by atoms with van der Waals surface area (Å²) < 4.78 is 31.6. The number of amides is 1. The molecule has 1 aromatic carbocycles. The van der Waals surface area contributed by atoms with Gasteiger partial charge in [0.05, 0.1) is 6.26 Å². The highest BCUT2D eigenvalue weighted by molar-refractivity contribution is 7.86. The number of hydrogen-bond donors (Lipinski definition) is 2. The highest BCUT2D eigenvalue weighted by Gasteiger charge is 2.19. The molecule has 0 saturated heterocycles. The standard InChI is InChI=1S/C13H19NO6S/c1-13(2,3)19-12(16)14-11(15)9-5-7-10(8-6-9)20-21(4,17)18/h5-8,11,15H,1-4H3,(H,14,16). The number of aliphatic hydroxyl groups excluding tert-OH is 1. The molecule has 1 unspecified atom stereocenters. The number of hydrogen-bond acceptors (Lipinski definition) is 6. The monoisotopic (exact) mass is 317 g/mol. The van der Waals surface area contributed by atoms with Crippen LogP contribution in [0.5, 0.6) is 5.75 Å². The number of carbonyl (C=O) groups is 1. The molecule has 0 saturated carbocycles. The van der Waals surface area contributed by atoms with Crippen LogP contribution in [-0.2, 0) is 14.9 Å². The van der Waals surface area contributed by atoms with Gasteiger partial charge in [-0.3, -0.25) is 5.32 Å². The van der Waals surface area contributed by atoms with Crippen molar-refractivity contribution in [2.75, 3.05) is 6.26 Å². The van der Waals surface area contributed by atoms with E-state index in [-0.39, 0.29) is 5.75 Å². The number of nitrogens with one attached hydrogen (secondary N) is 1. The average molecular weight is 317 g/mol. The normalized spacial score (nSPS) is 13.4. The summed E-state index contributed by atoms with van der Waals surface area (Å²) in [4.78, 5) is 11.5. The molecular weight excluding hydrogens is 298 g/mol. The van der Waals surface area contributed by atoms with Crippen LogP contribution in [0.1, 0.15) is 32.6 Å². The van der Waals surface area contributed by atoms with Gasteiger partial charge < -0.3 is 14.0 Å². The van der Waals surface area contributed by atoms with Crippen molar-refractivity contribution >= 4 is 16.2 Å². The molecule has 118 valence electrons. The molecule has 0 aliphatic rings. The van der Waals surface area contributed by atoms with Gasteiger partial charge in [-0.2, -0.15) is 8.42 Å². The molecule has 1 aromatic rings. The van der Waals surface area contributed by atoms with Crippen LogP contribution in [0.3, 0.4) is 0 Å². The predicted octanol–water partition coefficient (Wildman–Crippen LogP) is 1.54. The lowest BCUT2D eigenvalue weighted by Crippen LogP contribution is -2.34. The highest BCUT2D eigenvalue weighted by atomic mass is 32.2. The van der Waals surface area contributed by atoms with Crippen LogP contribution >= 0.6 is 0 Å². The van der Waals surface area contributed by atoms with E-state index in [0.717, 1.165) is 6.26 Å². The first-order chi connectivity index (χ1) is 9.46. The van der Waals surface area contributed by atoms with E-state index in [2.05, 4.69) is 9.50 Å². The molecule has 21 heavy (non-hydrogen) atoms. The fourth-order valence-corrected chi connectivity index (χ4v) is 1.84. The highest BCUT2D eigenvalue weighted by Crippen LogP contribution is 2.18. The summed E-state index contributed by atoms with van der Waals surface area (Å²) in [6.07, 6.45) is -1.10. The molecular formula is C13H19NO6S. The van der Waals surface area contributed by atoms with Gasteiger partial charge in [-0.15, -0.1) is 0 Å². The minimum absolute atomic E-state index is 0.116. The van der Waals surface area contributed by atoms with Gasteiger partial charge in [0.2, 0.25) is 0 Å². The first-order valence-electron chi connectivity index (χ1n) is 6.13. The Kier molecular flexibility index (Phi) is 5.19. The molecule has 0 spiro atoms. The molecule has 2 N–H and O–H groups in total. The summed E-state index contributed by atoms with van der Waals surface area (Å²) in [5.74, 6) is 0.116. The largest absolute Gasteiger partial charge is 0.444 e. The quantitative estimate of drug-likeness (QED) is 0.645. The Morgan fingerprint density at radius 1 is 1.24 bits per heavy atom. The zero-order valence-corrected chi connectivity index (χ0v) is 13.1. The molecule has 0 radical (unpaired) electrons. The van der Waals surface area contributed by atoms with E-state index in [0.29, 0.717) is 5.56 Å². The number of rotatable bonds is 4. The van der Waals surface area contributed by atoms with Gasteiger partial charge >= 0.3 is 16.2 Å². The van der Waals surface area contributed by atoms with Crippen molar-refractivity contribution in [2.24, 2.45) is 0 Å². The van der Waals surface area contributed by atoms with Gasteiger partial charge in [-0.25, -0.2) is 4.79 Å². The fraction of sp³-hybridized carbons (Fsp3) is 0.462. The maximum absolute atomic E-state index is 11.5. The van der Waals surface area contributed by atoms with Crippen LogP contribution in [-0.4, -0.2) is 31.5 Å². The smallest absolute Gasteiger partial charge is 0.409 e. The summed E-state index contributed by atoms with van der Waals surface area (Å²) in [6.45, 7) is 5.11. The Labute approximate surface area is 124 Å². The van der Waals surface area contributed by atoms with Gasteiger partial charge in [0, 0.05) is 5.56 Å². The molecule has 0 heterocycles. The molecule has 8 heteroatoms. The maximum atomic E-state index is 11.5. The third kappa shape index (κ3) is 6.96. The van der Waals surface area contributed by atoms with E-state index in [1.807, 2.05) is 0 Å². The topological polar surface area (TPSA) is 102 Å². The van der Waals surface area contributed by atoms with E-state index in [4.69, 9.17) is 4.74 Å². The zero-order chi connectivity index (χ0) is 16.3. The van der Waals surface area contributed by atoms with Crippen molar-refractivity contribution in [3.05, 3.63) is 29.8 Å².